The van der Waals surface area contributed by atoms with Crippen LogP contribution in [0.5, 0.6) is 0 Å². The van der Waals surface area contributed by atoms with Crippen molar-refractivity contribution in [2.24, 2.45) is 5.41 Å². The van der Waals surface area contributed by atoms with Crippen LogP contribution in [0.4, 0.5) is 0 Å². The molecule has 0 aliphatic carbocycles. The minimum atomic E-state index is -0.365. The summed E-state index contributed by atoms with van der Waals surface area (Å²) >= 11 is 0. The lowest BCUT2D eigenvalue weighted by atomic mass is 9.81. The van der Waals surface area contributed by atoms with E-state index in [1.807, 2.05) is 13.8 Å². The summed E-state index contributed by atoms with van der Waals surface area (Å²) in [6, 6.07) is -0.706. The first-order chi connectivity index (χ1) is 9.47. The standard InChI is InChI=1S/C15H26N2O3/c1-4-5-12-14(19)17(11(2)13(18)16-12)10-15(3)6-8-20-9-7-15/h11-12H,4-10H2,1-3H3,(H,16,18). The summed E-state index contributed by atoms with van der Waals surface area (Å²) in [5, 5.41) is 2.84. The lowest BCUT2D eigenvalue weighted by Crippen LogP contribution is -2.64. The number of carbonyl (C=O) groups is 2. The van der Waals surface area contributed by atoms with Crippen LogP contribution >= 0.6 is 0 Å². The Labute approximate surface area is 121 Å². The molecule has 0 aromatic heterocycles. The van der Waals surface area contributed by atoms with Crippen LogP contribution in [0.2, 0.25) is 0 Å². The average molecular weight is 282 g/mol. The Morgan fingerprint density at radius 3 is 2.60 bits per heavy atom. The second-order valence-corrected chi connectivity index (χ2v) is 6.41. The van der Waals surface area contributed by atoms with Gasteiger partial charge in [0.1, 0.15) is 12.1 Å². The molecule has 114 valence electrons. The monoisotopic (exact) mass is 282 g/mol. The Balaban J connectivity index is 2.10. The molecular formula is C15H26N2O3. The highest BCUT2D eigenvalue weighted by atomic mass is 16.5. The van der Waals surface area contributed by atoms with E-state index in [2.05, 4.69) is 12.2 Å². The molecule has 5 nitrogen and oxygen atoms in total. The van der Waals surface area contributed by atoms with Gasteiger partial charge in [0.25, 0.3) is 0 Å². The molecule has 20 heavy (non-hydrogen) atoms. The molecule has 2 saturated heterocycles. The molecule has 0 radical (unpaired) electrons. The van der Waals surface area contributed by atoms with Gasteiger partial charge in [-0.05, 0) is 31.6 Å². The van der Waals surface area contributed by atoms with Crippen molar-refractivity contribution in [1.29, 1.82) is 0 Å². The molecule has 0 saturated carbocycles. The van der Waals surface area contributed by atoms with Gasteiger partial charge in [-0.25, -0.2) is 0 Å². The third-order valence-corrected chi connectivity index (χ3v) is 4.57. The summed E-state index contributed by atoms with van der Waals surface area (Å²) in [7, 11) is 0. The summed E-state index contributed by atoms with van der Waals surface area (Å²) < 4.78 is 5.41. The number of nitrogens with zero attached hydrogens (tertiary/aromatic N) is 1. The summed E-state index contributed by atoms with van der Waals surface area (Å²) in [5.41, 5.74) is 0.0660. The number of nitrogens with one attached hydrogen (secondary N) is 1. The summed E-state index contributed by atoms with van der Waals surface area (Å²) in [4.78, 5) is 26.4. The van der Waals surface area contributed by atoms with Crippen molar-refractivity contribution >= 4 is 11.8 Å². The van der Waals surface area contributed by atoms with Crippen LogP contribution in [0.1, 0.15) is 46.5 Å². The van der Waals surface area contributed by atoms with Crippen molar-refractivity contribution in [3.8, 4) is 0 Å². The average Bonchev–Trinajstić information content (AvgIpc) is 2.42. The van der Waals surface area contributed by atoms with Crippen LogP contribution in [0, 0.1) is 5.41 Å². The first-order valence-electron chi connectivity index (χ1n) is 7.65. The van der Waals surface area contributed by atoms with Gasteiger partial charge in [-0.15, -0.1) is 0 Å². The van der Waals surface area contributed by atoms with E-state index in [1.54, 1.807) is 4.90 Å². The van der Waals surface area contributed by atoms with Gasteiger partial charge < -0.3 is 15.0 Å². The van der Waals surface area contributed by atoms with Gasteiger partial charge in [0.05, 0.1) is 0 Å². The van der Waals surface area contributed by atoms with Gasteiger partial charge >= 0.3 is 0 Å². The van der Waals surface area contributed by atoms with Gasteiger partial charge in [0.15, 0.2) is 0 Å². The molecule has 2 heterocycles. The molecule has 2 unspecified atom stereocenters. The van der Waals surface area contributed by atoms with Crippen molar-refractivity contribution in [3.63, 3.8) is 0 Å². The molecule has 2 aliphatic rings. The third kappa shape index (κ3) is 3.14. The predicted octanol–water partition coefficient (Wildman–Crippen LogP) is 1.32. The molecule has 0 spiro atoms. The van der Waals surface area contributed by atoms with Crippen molar-refractivity contribution in [2.45, 2.75) is 58.5 Å². The van der Waals surface area contributed by atoms with Crippen molar-refractivity contribution in [3.05, 3.63) is 0 Å². The van der Waals surface area contributed by atoms with Gasteiger partial charge in [0, 0.05) is 19.8 Å². The molecule has 0 aromatic rings. The summed E-state index contributed by atoms with van der Waals surface area (Å²) in [5.74, 6) is 0.0466. The molecule has 5 heteroatoms. The van der Waals surface area contributed by atoms with Gasteiger partial charge in [0.2, 0.25) is 11.8 Å². The molecule has 0 aromatic carbocycles. The van der Waals surface area contributed by atoms with Crippen molar-refractivity contribution in [2.75, 3.05) is 19.8 Å². The number of piperazine rings is 1. The summed E-state index contributed by atoms with van der Waals surface area (Å²) in [6.45, 7) is 8.19. The first-order valence-corrected chi connectivity index (χ1v) is 7.65. The Morgan fingerprint density at radius 1 is 1.35 bits per heavy atom. The number of hydrogen-bond donors (Lipinski definition) is 1. The number of ether oxygens (including phenoxy) is 1. The normalized spacial score (nSPS) is 30.2. The zero-order chi connectivity index (χ0) is 14.8. The summed E-state index contributed by atoms with van der Waals surface area (Å²) in [6.07, 6.45) is 3.50. The second kappa shape index (κ2) is 6.12. The fraction of sp³-hybridized carbons (Fsp3) is 0.867. The molecule has 2 atom stereocenters. The third-order valence-electron chi connectivity index (χ3n) is 4.57. The maximum atomic E-state index is 12.6. The van der Waals surface area contributed by atoms with E-state index in [9.17, 15) is 9.59 Å². The number of carbonyl (C=O) groups excluding carboxylic acids is 2. The minimum Gasteiger partial charge on any atom is -0.381 e. The number of amides is 2. The fourth-order valence-electron chi connectivity index (χ4n) is 3.02. The number of rotatable bonds is 4. The highest BCUT2D eigenvalue weighted by Crippen LogP contribution is 2.32. The fourth-order valence-corrected chi connectivity index (χ4v) is 3.02. The Bertz CT molecular complexity index is 377. The van der Waals surface area contributed by atoms with Crippen LogP contribution < -0.4 is 5.32 Å². The lowest BCUT2D eigenvalue weighted by molar-refractivity contribution is -0.151. The van der Waals surface area contributed by atoms with E-state index in [1.165, 1.54) is 0 Å². The van der Waals surface area contributed by atoms with Gasteiger partial charge in [-0.1, -0.05) is 20.3 Å². The highest BCUT2D eigenvalue weighted by Gasteiger charge is 2.41. The van der Waals surface area contributed by atoms with E-state index in [-0.39, 0.29) is 29.3 Å². The van der Waals surface area contributed by atoms with E-state index < -0.39 is 0 Å². The zero-order valence-electron chi connectivity index (χ0n) is 12.8. The van der Waals surface area contributed by atoms with Crippen molar-refractivity contribution < 1.29 is 14.3 Å². The SMILES string of the molecule is CCCC1NC(=O)C(C)N(CC2(C)CCOCC2)C1=O. The lowest BCUT2D eigenvalue weighted by Gasteiger charge is -2.43. The Kier molecular flexibility index (Phi) is 4.68. The first kappa shape index (κ1) is 15.3. The van der Waals surface area contributed by atoms with E-state index in [0.29, 0.717) is 13.0 Å². The minimum absolute atomic E-state index is 0.0290. The second-order valence-electron chi connectivity index (χ2n) is 6.41. The molecule has 2 rings (SSSR count). The maximum absolute atomic E-state index is 12.6. The molecule has 2 amide bonds. The van der Waals surface area contributed by atoms with Crippen LogP contribution in [-0.2, 0) is 14.3 Å². The van der Waals surface area contributed by atoms with Crippen LogP contribution in [0.3, 0.4) is 0 Å². The van der Waals surface area contributed by atoms with Crippen LogP contribution in [0.25, 0.3) is 0 Å². The smallest absolute Gasteiger partial charge is 0.245 e. The van der Waals surface area contributed by atoms with Crippen molar-refractivity contribution in [1.82, 2.24) is 10.2 Å². The van der Waals surface area contributed by atoms with Crippen LogP contribution in [0.15, 0.2) is 0 Å². The molecule has 2 aliphatic heterocycles. The zero-order valence-corrected chi connectivity index (χ0v) is 12.8. The van der Waals surface area contributed by atoms with Gasteiger partial charge in [-0.3, -0.25) is 9.59 Å². The molecule has 1 N–H and O–H groups in total. The Hall–Kier alpha value is -1.10. The molecule has 2 fully saturated rings. The largest absolute Gasteiger partial charge is 0.381 e. The Morgan fingerprint density at radius 2 is 2.00 bits per heavy atom. The van der Waals surface area contributed by atoms with Gasteiger partial charge in [-0.2, -0.15) is 0 Å². The van der Waals surface area contributed by atoms with E-state index >= 15 is 0 Å². The van der Waals surface area contributed by atoms with E-state index in [4.69, 9.17) is 4.74 Å². The predicted molar refractivity (Wildman–Crippen MR) is 76.2 cm³/mol. The maximum Gasteiger partial charge on any atom is 0.245 e. The quantitative estimate of drug-likeness (QED) is 0.846. The number of hydrogen-bond acceptors (Lipinski definition) is 3. The van der Waals surface area contributed by atoms with E-state index in [0.717, 1.165) is 32.5 Å². The van der Waals surface area contributed by atoms with Crippen LogP contribution in [-0.4, -0.2) is 48.6 Å². The molecular weight excluding hydrogens is 256 g/mol. The highest BCUT2D eigenvalue weighted by molar-refractivity contribution is 5.96. The topological polar surface area (TPSA) is 58.6 Å². The molecule has 0 bridgehead atoms.